The molecule has 4 nitrogen and oxygen atoms in total. The quantitative estimate of drug-likeness (QED) is 0.876. The summed E-state index contributed by atoms with van der Waals surface area (Å²) in [7, 11) is 0. The van der Waals surface area contributed by atoms with Crippen LogP contribution in [0.2, 0.25) is 0 Å². The molecular formula is C13H18N4. The molecule has 2 aromatic rings. The van der Waals surface area contributed by atoms with Gasteiger partial charge in [0.25, 0.3) is 0 Å². The molecule has 4 heteroatoms. The standard InChI is InChI=1S/C13H18N4/c1-9(2)17-12(8-15-10-5-6-10)16-11-4-3-7-14-13(11)17/h3-4,7,9-10,15H,5-6,8H2,1-2H3. The van der Waals surface area contributed by atoms with Crippen molar-refractivity contribution < 1.29 is 0 Å². The van der Waals surface area contributed by atoms with E-state index in [1.807, 2.05) is 18.3 Å². The summed E-state index contributed by atoms with van der Waals surface area (Å²) in [5, 5.41) is 3.52. The fourth-order valence-corrected chi connectivity index (χ4v) is 2.17. The zero-order valence-corrected chi connectivity index (χ0v) is 10.3. The number of fused-ring (bicyclic) bond motifs is 1. The SMILES string of the molecule is CC(C)n1c(CNC2CC2)nc2cccnc21. The lowest BCUT2D eigenvalue weighted by Gasteiger charge is -2.12. The summed E-state index contributed by atoms with van der Waals surface area (Å²) >= 11 is 0. The highest BCUT2D eigenvalue weighted by Crippen LogP contribution is 2.22. The van der Waals surface area contributed by atoms with Gasteiger partial charge in [0.1, 0.15) is 11.3 Å². The minimum Gasteiger partial charge on any atom is -0.309 e. The van der Waals surface area contributed by atoms with Crippen molar-refractivity contribution in [2.75, 3.05) is 0 Å². The average Bonchev–Trinajstić information content (AvgIpc) is 3.05. The Hall–Kier alpha value is -1.42. The van der Waals surface area contributed by atoms with E-state index in [0.717, 1.165) is 23.5 Å². The molecule has 1 aliphatic rings. The van der Waals surface area contributed by atoms with Gasteiger partial charge in [-0.1, -0.05) is 0 Å². The van der Waals surface area contributed by atoms with E-state index in [1.165, 1.54) is 12.8 Å². The van der Waals surface area contributed by atoms with Crippen LogP contribution >= 0.6 is 0 Å². The predicted molar refractivity (Wildman–Crippen MR) is 67.8 cm³/mol. The van der Waals surface area contributed by atoms with Crippen molar-refractivity contribution >= 4 is 11.2 Å². The first-order valence-corrected chi connectivity index (χ1v) is 6.31. The molecule has 1 fully saturated rings. The summed E-state index contributed by atoms with van der Waals surface area (Å²) in [6, 6.07) is 5.08. The Balaban J connectivity index is 1.98. The van der Waals surface area contributed by atoms with Crippen molar-refractivity contribution in [2.24, 2.45) is 0 Å². The van der Waals surface area contributed by atoms with E-state index < -0.39 is 0 Å². The lowest BCUT2D eigenvalue weighted by Crippen LogP contribution is -2.19. The van der Waals surface area contributed by atoms with Crippen LogP contribution in [0.3, 0.4) is 0 Å². The summed E-state index contributed by atoms with van der Waals surface area (Å²) in [4.78, 5) is 9.11. The first kappa shape index (κ1) is 10.7. The Kier molecular flexibility index (Phi) is 2.59. The van der Waals surface area contributed by atoms with Gasteiger partial charge in [-0.25, -0.2) is 9.97 Å². The number of aromatic nitrogens is 3. The molecule has 2 heterocycles. The Morgan fingerprint density at radius 3 is 3.00 bits per heavy atom. The largest absolute Gasteiger partial charge is 0.309 e. The Morgan fingerprint density at radius 1 is 1.47 bits per heavy atom. The van der Waals surface area contributed by atoms with Crippen LogP contribution in [0.1, 0.15) is 38.6 Å². The van der Waals surface area contributed by atoms with Crippen LogP contribution in [0.25, 0.3) is 11.2 Å². The minimum atomic E-state index is 0.394. The van der Waals surface area contributed by atoms with Gasteiger partial charge in [0.05, 0.1) is 6.54 Å². The summed E-state index contributed by atoms with van der Waals surface area (Å²) in [5.74, 6) is 1.10. The molecule has 0 aliphatic heterocycles. The molecule has 0 atom stereocenters. The molecular weight excluding hydrogens is 212 g/mol. The summed E-state index contributed by atoms with van der Waals surface area (Å²) in [6.45, 7) is 5.20. The Labute approximate surface area is 101 Å². The van der Waals surface area contributed by atoms with Gasteiger partial charge in [0, 0.05) is 18.3 Å². The van der Waals surface area contributed by atoms with E-state index in [-0.39, 0.29) is 0 Å². The average molecular weight is 230 g/mol. The van der Waals surface area contributed by atoms with Crippen LogP contribution in [0.15, 0.2) is 18.3 Å². The number of rotatable bonds is 4. The third-order valence-corrected chi connectivity index (χ3v) is 3.16. The van der Waals surface area contributed by atoms with Crippen molar-refractivity contribution in [2.45, 2.75) is 45.3 Å². The molecule has 2 aromatic heterocycles. The minimum absolute atomic E-state index is 0.394. The predicted octanol–water partition coefficient (Wildman–Crippen LogP) is 2.26. The van der Waals surface area contributed by atoms with Crippen LogP contribution in [0.5, 0.6) is 0 Å². The van der Waals surface area contributed by atoms with Gasteiger partial charge in [0.15, 0.2) is 5.65 Å². The smallest absolute Gasteiger partial charge is 0.160 e. The molecule has 1 N–H and O–H groups in total. The molecule has 3 rings (SSSR count). The number of nitrogens with zero attached hydrogens (tertiary/aromatic N) is 3. The lowest BCUT2D eigenvalue weighted by atomic mass is 10.3. The third kappa shape index (κ3) is 2.05. The normalized spacial score (nSPS) is 15.9. The number of pyridine rings is 1. The summed E-state index contributed by atoms with van der Waals surface area (Å²) in [6.07, 6.45) is 4.45. The van der Waals surface area contributed by atoms with E-state index in [2.05, 4.69) is 33.7 Å². The molecule has 0 spiro atoms. The molecule has 0 bridgehead atoms. The zero-order valence-electron chi connectivity index (χ0n) is 10.3. The van der Waals surface area contributed by atoms with Crippen molar-refractivity contribution in [1.29, 1.82) is 0 Å². The molecule has 17 heavy (non-hydrogen) atoms. The molecule has 0 saturated heterocycles. The van der Waals surface area contributed by atoms with E-state index in [1.54, 1.807) is 0 Å². The third-order valence-electron chi connectivity index (χ3n) is 3.16. The number of nitrogens with one attached hydrogen (secondary N) is 1. The molecule has 1 saturated carbocycles. The first-order valence-electron chi connectivity index (χ1n) is 6.31. The summed E-state index contributed by atoms with van der Waals surface area (Å²) in [5.41, 5.74) is 1.99. The van der Waals surface area contributed by atoms with E-state index in [4.69, 9.17) is 0 Å². The van der Waals surface area contributed by atoms with Gasteiger partial charge in [-0.05, 0) is 38.8 Å². The molecule has 0 radical (unpaired) electrons. The lowest BCUT2D eigenvalue weighted by molar-refractivity contribution is 0.550. The second-order valence-corrected chi connectivity index (χ2v) is 4.99. The van der Waals surface area contributed by atoms with Gasteiger partial charge >= 0.3 is 0 Å². The van der Waals surface area contributed by atoms with Crippen LogP contribution in [-0.2, 0) is 6.54 Å². The maximum atomic E-state index is 4.67. The zero-order chi connectivity index (χ0) is 11.8. The van der Waals surface area contributed by atoms with Crippen molar-refractivity contribution in [1.82, 2.24) is 19.9 Å². The molecule has 0 aromatic carbocycles. The van der Waals surface area contributed by atoms with Crippen molar-refractivity contribution in [3.05, 3.63) is 24.2 Å². The van der Waals surface area contributed by atoms with Crippen molar-refractivity contribution in [3.8, 4) is 0 Å². The highest BCUT2D eigenvalue weighted by Gasteiger charge is 2.22. The van der Waals surface area contributed by atoms with Gasteiger partial charge in [0.2, 0.25) is 0 Å². The number of hydrogen-bond donors (Lipinski definition) is 1. The van der Waals surface area contributed by atoms with Gasteiger partial charge < -0.3 is 9.88 Å². The van der Waals surface area contributed by atoms with E-state index in [9.17, 15) is 0 Å². The van der Waals surface area contributed by atoms with E-state index in [0.29, 0.717) is 12.1 Å². The Morgan fingerprint density at radius 2 is 2.29 bits per heavy atom. The van der Waals surface area contributed by atoms with E-state index >= 15 is 0 Å². The monoisotopic (exact) mass is 230 g/mol. The highest BCUT2D eigenvalue weighted by atomic mass is 15.2. The van der Waals surface area contributed by atoms with Gasteiger partial charge in [-0.3, -0.25) is 0 Å². The van der Waals surface area contributed by atoms with Crippen LogP contribution in [-0.4, -0.2) is 20.6 Å². The summed E-state index contributed by atoms with van der Waals surface area (Å²) < 4.78 is 2.23. The van der Waals surface area contributed by atoms with Crippen LogP contribution < -0.4 is 5.32 Å². The molecule has 90 valence electrons. The topological polar surface area (TPSA) is 42.7 Å². The maximum Gasteiger partial charge on any atom is 0.160 e. The maximum absolute atomic E-state index is 4.67. The first-order chi connectivity index (χ1) is 8.25. The fraction of sp³-hybridized carbons (Fsp3) is 0.538. The highest BCUT2D eigenvalue weighted by molar-refractivity contribution is 5.71. The number of imidazole rings is 1. The molecule has 0 amide bonds. The van der Waals surface area contributed by atoms with Crippen molar-refractivity contribution in [3.63, 3.8) is 0 Å². The Bertz CT molecular complexity index is 525. The van der Waals surface area contributed by atoms with Crippen LogP contribution in [0, 0.1) is 0 Å². The van der Waals surface area contributed by atoms with Crippen LogP contribution in [0.4, 0.5) is 0 Å². The second kappa shape index (κ2) is 4.11. The molecule has 0 unspecified atom stereocenters. The number of hydrogen-bond acceptors (Lipinski definition) is 3. The van der Waals surface area contributed by atoms with Gasteiger partial charge in [-0.2, -0.15) is 0 Å². The second-order valence-electron chi connectivity index (χ2n) is 4.99. The molecule has 1 aliphatic carbocycles. The fourth-order valence-electron chi connectivity index (χ4n) is 2.17. The van der Waals surface area contributed by atoms with Gasteiger partial charge in [-0.15, -0.1) is 0 Å².